The first-order chi connectivity index (χ1) is 7.20. The van der Waals surface area contributed by atoms with Crippen LogP contribution in [0.3, 0.4) is 0 Å². The third-order valence-corrected chi connectivity index (χ3v) is 2.10. The van der Waals surface area contributed by atoms with Gasteiger partial charge in [0.15, 0.2) is 0 Å². The van der Waals surface area contributed by atoms with Crippen LogP contribution >= 0.6 is 0 Å². The van der Waals surface area contributed by atoms with Gasteiger partial charge in [-0.1, -0.05) is 13.8 Å². The topological polar surface area (TPSA) is 50.4 Å². The average Bonchev–Trinajstić information content (AvgIpc) is 2.23. The van der Waals surface area contributed by atoms with E-state index >= 15 is 0 Å². The van der Waals surface area contributed by atoms with Gasteiger partial charge in [0.2, 0.25) is 5.91 Å². The van der Waals surface area contributed by atoms with Crippen molar-refractivity contribution < 1.29 is 9.53 Å². The zero-order valence-electron chi connectivity index (χ0n) is 10.1. The van der Waals surface area contributed by atoms with Gasteiger partial charge < -0.3 is 15.4 Å². The van der Waals surface area contributed by atoms with E-state index in [1.807, 2.05) is 13.8 Å². The van der Waals surface area contributed by atoms with Gasteiger partial charge in [0, 0.05) is 12.6 Å². The van der Waals surface area contributed by atoms with Crippen LogP contribution in [-0.2, 0) is 9.53 Å². The molecule has 1 atom stereocenters. The number of carbonyl (C=O) groups excluding carboxylic acids is 1. The highest BCUT2D eigenvalue weighted by molar-refractivity contribution is 5.77. The average molecular weight is 216 g/mol. The second kappa shape index (κ2) is 9.93. The summed E-state index contributed by atoms with van der Waals surface area (Å²) in [6, 6.07) is 0.235. The van der Waals surface area contributed by atoms with E-state index in [-0.39, 0.29) is 18.6 Å². The van der Waals surface area contributed by atoms with Crippen LogP contribution in [0.4, 0.5) is 0 Å². The molecule has 0 fully saturated rings. The molecule has 0 bridgehead atoms. The lowest BCUT2D eigenvalue weighted by Crippen LogP contribution is -2.35. The molecular weight excluding hydrogens is 192 g/mol. The van der Waals surface area contributed by atoms with Crippen LogP contribution in [0.2, 0.25) is 0 Å². The van der Waals surface area contributed by atoms with Crippen LogP contribution < -0.4 is 10.6 Å². The Morgan fingerprint density at radius 1 is 1.33 bits per heavy atom. The minimum absolute atomic E-state index is 0.0279. The summed E-state index contributed by atoms with van der Waals surface area (Å²) in [6.45, 7) is 8.72. The molecule has 4 heteroatoms. The molecule has 0 saturated carbocycles. The second-order valence-electron chi connectivity index (χ2n) is 3.68. The van der Waals surface area contributed by atoms with Crippen molar-refractivity contribution in [2.24, 2.45) is 0 Å². The van der Waals surface area contributed by atoms with Crippen LogP contribution in [0.1, 0.15) is 33.6 Å². The highest BCUT2D eigenvalue weighted by Gasteiger charge is 2.04. The molecule has 0 saturated heterocycles. The Morgan fingerprint density at radius 3 is 2.67 bits per heavy atom. The molecule has 2 N–H and O–H groups in total. The SMILES string of the molecule is CCCNCCOCC(=O)NC(C)CC. The van der Waals surface area contributed by atoms with E-state index in [4.69, 9.17) is 4.74 Å². The van der Waals surface area contributed by atoms with Gasteiger partial charge in [-0.15, -0.1) is 0 Å². The second-order valence-corrected chi connectivity index (χ2v) is 3.68. The largest absolute Gasteiger partial charge is 0.370 e. The first-order valence-corrected chi connectivity index (χ1v) is 5.78. The summed E-state index contributed by atoms with van der Waals surface area (Å²) in [5.41, 5.74) is 0. The number of hydrogen-bond donors (Lipinski definition) is 2. The number of hydrogen-bond acceptors (Lipinski definition) is 3. The number of carbonyl (C=O) groups is 1. The molecule has 90 valence electrons. The fraction of sp³-hybridized carbons (Fsp3) is 0.909. The highest BCUT2D eigenvalue weighted by atomic mass is 16.5. The molecule has 15 heavy (non-hydrogen) atoms. The van der Waals surface area contributed by atoms with Gasteiger partial charge in [-0.3, -0.25) is 4.79 Å². The first kappa shape index (κ1) is 14.4. The number of ether oxygens (including phenoxy) is 1. The predicted octanol–water partition coefficient (Wildman–Crippen LogP) is 0.917. The molecule has 1 amide bonds. The van der Waals surface area contributed by atoms with Crippen molar-refractivity contribution >= 4 is 5.91 Å². The summed E-state index contributed by atoms with van der Waals surface area (Å²) in [5.74, 6) is -0.0279. The lowest BCUT2D eigenvalue weighted by atomic mass is 10.2. The minimum Gasteiger partial charge on any atom is -0.370 e. The Labute approximate surface area is 92.8 Å². The molecule has 0 aromatic heterocycles. The lowest BCUT2D eigenvalue weighted by Gasteiger charge is -2.11. The van der Waals surface area contributed by atoms with Gasteiger partial charge in [-0.2, -0.15) is 0 Å². The Kier molecular flexibility index (Phi) is 9.52. The van der Waals surface area contributed by atoms with Crippen molar-refractivity contribution in [2.75, 3.05) is 26.3 Å². The molecule has 0 aliphatic carbocycles. The van der Waals surface area contributed by atoms with Crippen LogP contribution in [0, 0.1) is 0 Å². The summed E-state index contributed by atoms with van der Waals surface area (Å²) in [5, 5.41) is 6.05. The van der Waals surface area contributed by atoms with Crippen LogP contribution in [0.15, 0.2) is 0 Å². The summed E-state index contributed by atoms with van der Waals surface area (Å²) >= 11 is 0. The third kappa shape index (κ3) is 9.69. The van der Waals surface area contributed by atoms with Crippen LogP contribution in [0.5, 0.6) is 0 Å². The molecule has 0 aromatic carbocycles. The summed E-state index contributed by atoms with van der Waals surface area (Å²) in [6.07, 6.45) is 2.07. The Bertz CT molecular complexity index is 163. The maximum absolute atomic E-state index is 11.2. The van der Waals surface area contributed by atoms with Crippen molar-refractivity contribution in [3.8, 4) is 0 Å². The predicted molar refractivity (Wildman–Crippen MR) is 61.9 cm³/mol. The zero-order chi connectivity index (χ0) is 11.5. The lowest BCUT2D eigenvalue weighted by molar-refractivity contribution is -0.126. The molecule has 0 radical (unpaired) electrons. The monoisotopic (exact) mass is 216 g/mol. The molecule has 0 rings (SSSR count). The number of amides is 1. The van der Waals surface area contributed by atoms with Gasteiger partial charge in [0.25, 0.3) is 0 Å². The summed E-state index contributed by atoms with van der Waals surface area (Å²) < 4.78 is 5.21. The van der Waals surface area contributed by atoms with Gasteiger partial charge >= 0.3 is 0 Å². The molecule has 0 aromatic rings. The maximum atomic E-state index is 11.2. The minimum atomic E-state index is -0.0279. The first-order valence-electron chi connectivity index (χ1n) is 5.78. The van der Waals surface area contributed by atoms with Gasteiger partial charge in [-0.05, 0) is 26.3 Å². The smallest absolute Gasteiger partial charge is 0.246 e. The normalized spacial score (nSPS) is 12.5. The molecule has 0 heterocycles. The van der Waals surface area contributed by atoms with Gasteiger partial charge in [0.05, 0.1) is 6.61 Å². The number of rotatable bonds is 9. The van der Waals surface area contributed by atoms with Gasteiger partial charge in [-0.25, -0.2) is 0 Å². The molecule has 0 aliphatic rings. The van der Waals surface area contributed by atoms with E-state index < -0.39 is 0 Å². The fourth-order valence-corrected chi connectivity index (χ4v) is 1.03. The van der Waals surface area contributed by atoms with E-state index in [2.05, 4.69) is 17.6 Å². The Hall–Kier alpha value is -0.610. The standard InChI is InChI=1S/C11H24N2O2/c1-4-6-12-7-8-15-9-11(14)13-10(3)5-2/h10,12H,4-9H2,1-3H3,(H,13,14). The summed E-state index contributed by atoms with van der Waals surface area (Å²) in [7, 11) is 0. The van der Waals surface area contributed by atoms with E-state index in [1.54, 1.807) is 0 Å². The van der Waals surface area contributed by atoms with Crippen molar-refractivity contribution in [2.45, 2.75) is 39.7 Å². The third-order valence-electron chi connectivity index (χ3n) is 2.10. The van der Waals surface area contributed by atoms with Crippen LogP contribution in [-0.4, -0.2) is 38.3 Å². The van der Waals surface area contributed by atoms with Crippen molar-refractivity contribution in [1.82, 2.24) is 10.6 Å². The molecular formula is C11H24N2O2. The Balaban J connectivity index is 3.24. The fourth-order valence-electron chi connectivity index (χ4n) is 1.03. The summed E-state index contributed by atoms with van der Waals surface area (Å²) in [4.78, 5) is 11.2. The molecule has 4 nitrogen and oxygen atoms in total. The molecule has 0 spiro atoms. The van der Waals surface area contributed by atoms with Crippen molar-refractivity contribution in [3.05, 3.63) is 0 Å². The van der Waals surface area contributed by atoms with E-state index in [1.165, 1.54) is 0 Å². The van der Waals surface area contributed by atoms with Crippen LogP contribution in [0.25, 0.3) is 0 Å². The quantitative estimate of drug-likeness (QED) is 0.563. The van der Waals surface area contributed by atoms with E-state index in [9.17, 15) is 4.79 Å². The Morgan fingerprint density at radius 2 is 2.07 bits per heavy atom. The maximum Gasteiger partial charge on any atom is 0.246 e. The number of nitrogens with one attached hydrogen (secondary N) is 2. The molecule has 0 aliphatic heterocycles. The zero-order valence-corrected chi connectivity index (χ0v) is 10.1. The molecule has 1 unspecified atom stereocenters. The highest BCUT2D eigenvalue weighted by Crippen LogP contribution is 1.87. The van der Waals surface area contributed by atoms with E-state index in [0.717, 1.165) is 25.9 Å². The van der Waals surface area contributed by atoms with Crippen molar-refractivity contribution in [1.29, 1.82) is 0 Å². The van der Waals surface area contributed by atoms with Crippen molar-refractivity contribution in [3.63, 3.8) is 0 Å². The van der Waals surface area contributed by atoms with Gasteiger partial charge in [0.1, 0.15) is 6.61 Å². The van der Waals surface area contributed by atoms with E-state index in [0.29, 0.717) is 6.61 Å².